The summed E-state index contributed by atoms with van der Waals surface area (Å²) in [5.41, 5.74) is 0.209. The van der Waals surface area contributed by atoms with Crippen molar-refractivity contribution in [2.45, 2.75) is 32.7 Å². The predicted octanol–water partition coefficient (Wildman–Crippen LogP) is 0.932. The molecule has 16 heavy (non-hydrogen) atoms. The van der Waals surface area contributed by atoms with Gasteiger partial charge in [0.15, 0.2) is 6.10 Å². The molecule has 0 heterocycles. The van der Waals surface area contributed by atoms with E-state index in [-0.39, 0.29) is 5.57 Å². The number of hydrogen-bond donors (Lipinski definition) is 1. The fourth-order valence-corrected chi connectivity index (χ4v) is 0.824. The first kappa shape index (κ1) is 14.4. The largest absolute Gasteiger partial charge is 0.452 e. The summed E-state index contributed by atoms with van der Waals surface area (Å²) < 4.78 is 9.39. The van der Waals surface area contributed by atoms with E-state index in [9.17, 15) is 14.7 Å². The second-order valence-corrected chi connectivity index (χ2v) is 3.16. The van der Waals surface area contributed by atoms with Crippen molar-refractivity contribution in [3.63, 3.8) is 0 Å². The minimum absolute atomic E-state index is 0.209. The summed E-state index contributed by atoms with van der Waals surface area (Å²) in [6, 6.07) is 0. The Labute approximate surface area is 94.4 Å². The van der Waals surface area contributed by atoms with Gasteiger partial charge in [0.05, 0.1) is 0 Å². The first-order valence-corrected chi connectivity index (χ1v) is 4.80. The molecule has 5 nitrogen and oxygen atoms in total. The molecule has 0 fully saturated rings. The number of esters is 2. The number of ether oxygens (including phenoxy) is 2. The van der Waals surface area contributed by atoms with Gasteiger partial charge in [-0.3, -0.25) is 0 Å². The van der Waals surface area contributed by atoms with Crippen LogP contribution in [0.25, 0.3) is 0 Å². The molecule has 0 bridgehead atoms. The number of carbonyl (C=O) groups is 2. The summed E-state index contributed by atoms with van der Waals surface area (Å²) in [7, 11) is 0. The highest BCUT2D eigenvalue weighted by molar-refractivity contribution is 5.87. The molecule has 0 aliphatic heterocycles. The van der Waals surface area contributed by atoms with Crippen LogP contribution in [0, 0.1) is 0 Å². The maximum Gasteiger partial charge on any atom is 0.333 e. The summed E-state index contributed by atoms with van der Waals surface area (Å²) in [6.07, 6.45) is -1.19. The molecule has 0 spiro atoms. The molecule has 0 aromatic heterocycles. The molecule has 2 unspecified atom stereocenters. The summed E-state index contributed by atoms with van der Waals surface area (Å²) >= 11 is 0. The molecule has 0 saturated carbocycles. The van der Waals surface area contributed by atoms with Gasteiger partial charge in [-0.05, 0) is 13.3 Å². The van der Waals surface area contributed by atoms with E-state index < -0.39 is 24.3 Å². The quantitative estimate of drug-likeness (QED) is 0.416. The number of carbonyl (C=O) groups excluding carboxylic acids is 2. The van der Waals surface area contributed by atoms with Gasteiger partial charge < -0.3 is 14.6 Å². The van der Waals surface area contributed by atoms with Crippen molar-refractivity contribution in [2.75, 3.05) is 0 Å². The van der Waals surface area contributed by atoms with E-state index in [1.165, 1.54) is 6.92 Å². The summed E-state index contributed by atoms with van der Waals surface area (Å²) in [5.74, 6) is -1.42. The fourth-order valence-electron chi connectivity index (χ4n) is 0.824. The Morgan fingerprint density at radius 1 is 1.44 bits per heavy atom. The van der Waals surface area contributed by atoms with Crippen LogP contribution in [0.4, 0.5) is 0 Å². The number of aliphatic hydroxyl groups excluding tert-OH is 1. The topological polar surface area (TPSA) is 72.8 Å². The van der Waals surface area contributed by atoms with Crippen LogP contribution in [0.5, 0.6) is 0 Å². The Morgan fingerprint density at radius 2 is 2.00 bits per heavy atom. The Balaban J connectivity index is 4.37. The fraction of sp³-hybridized carbons (Fsp3) is 0.455. The van der Waals surface area contributed by atoms with E-state index in [0.29, 0.717) is 6.42 Å². The normalized spacial score (nSPS) is 13.4. The van der Waals surface area contributed by atoms with Crippen LogP contribution >= 0.6 is 0 Å². The van der Waals surface area contributed by atoms with Crippen LogP contribution in [0.1, 0.15) is 20.3 Å². The summed E-state index contributed by atoms with van der Waals surface area (Å²) in [6.45, 7) is 9.74. The van der Waals surface area contributed by atoms with Crippen molar-refractivity contribution in [2.24, 2.45) is 0 Å². The zero-order chi connectivity index (χ0) is 12.7. The molecule has 1 N–H and O–H groups in total. The van der Waals surface area contributed by atoms with Gasteiger partial charge in [-0.2, -0.15) is 0 Å². The molecule has 0 radical (unpaired) electrons. The Kier molecular flexibility index (Phi) is 6.10. The van der Waals surface area contributed by atoms with E-state index in [4.69, 9.17) is 4.74 Å². The number of aliphatic hydroxyl groups is 1. The maximum absolute atomic E-state index is 11.2. The average Bonchev–Trinajstić information content (AvgIpc) is 2.24. The second-order valence-electron chi connectivity index (χ2n) is 3.16. The molecule has 0 aromatic carbocycles. The maximum atomic E-state index is 11.2. The molecule has 2 atom stereocenters. The SMILES string of the molecule is C=CC(=O)OC(O)C(CC)OC(=O)C(=C)C. The average molecular weight is 228 g/mol. The van der Waals surface area contributed by atoms with E-state index >= 15 is 0 Å². The Morgan fingerprint density at radius 3 is 2.38 bits per heavy atom. The van der Waals surface area contributed by atoms with Crippen molar-refractivity contribution in [3.8, 4) is 0 Å². The molecule has 0 rings (SSSR count). The van der Waals surface area contributed by atoms with Crippen molar-refractivity contribution in [3.05, 3.63) is 24.8 Å². The number of hydrogen-bond acceptors (Lipinski definition) is 5. The lowest BCUT2D eigenvalue weighted by Gasteiger charge is -2.21. The van der Waals surface area contributed by atoms with E-state index in [0.717, 1.165) is 6.08 Å². The molecular weight excluding hydrogens is 212 g/mol. The van der Waals surface area contributed by atoms with Crippen molar-refractivity contribution in [1.29, 1.82) is 0 Å². The highest BCUT2D eigenvalue weighted by atomic mass is 16.7. The van der Waals surface area contributed by atoms with E-state index in [1.807, 2.05) is 0 Å². The van der Waals surface area contributed by atoms with Crippen LogP contribution in [-0.4, -0.2) is 29.4 Å². The molecule has 0 aromatic rings. The van der Waals surface area contributed by atoms with E-state index in [1.54, 1.807) is 6.92 Å². The zero-order valence-electron chi connectivity index (χ0n) is 9.43. The van der Waals surface area contributed by atoms with Gasteiger partial charge in [-0.1, -0.05) is 20.1 Å². The third kappa shape index (κ3) is 4.75. The Hall–Kier alpha value is -1.62. The Bertz CT molecular complexity index is 295. The van der Waals surface area contributed by atoms with Crippen LogP contribution in [0.3, 0.4) is 0 Å². The van der Waals surface area contributed by atoms with Crippen LogP contribution in [0.2, 0.25) is 0 Å². The van der Waals surface area contributed by atoms with Crippen LogP contribution in [-0.2, 0) is 19.1 Å². The first-order chi connectivity index (χ1) is 7.42. The van der Waals surface area contributed by atoms with E-state index in [2.05, 4.69) is 17.9 Å². The van der Waals surface area contributed by atoms with Crippen molar-refractivity contribution < 1.29 is 24.2 Å². The van der Waals surface area contributed by atoms with Gasteiger partial charge >= 0.3 is 11.9 Å². The van der Waals surface area contributed by atoms with Gasteiger partial charge in [0.1, 0.15) is 0 Å². The monoisotopic (exact) mass is 228 g/mol. The zero-order valence-corrected chi connectivity index (χ0v) is 9.43. The van der Waals surface area contributed by atoms with Gasteiger partial charge in [0.25, 0.3) is 0 Å². The molecule has 0 aliphatic rings. The smallest absolute Gasteiger partial charge is 0.333 e. The molecule has 0 aliphatic carbocycles. The van der Waals surface area contributed by atoms with Gasteiger partial charge in [-0.15, -0.1) is 0 Å². The van der Waals surface area contributed by atoms with Gasteiger partial charge in [0.2, 0.25) is 6.29 Å². The second kappa shape index (κ2) is 6.79. The van der Waals surface area contributed by atoms with Gasteiger partial charge in [-0.25, -0.2) is 9.59 Å². The minimum Gasteiger partial charge on any atom is -0.452 e. The van der Waals surface area contributed by atoms with Crippen molar-refractivity contribution >= 4 is 11.9 Å². The third-order valence-corrected chi connectivity index (χ3v) is 1.73. The van der Waals surface area contributed by atoms with Crippen molar-refractivity contribution in [1.82, 2.24) is 0 Å². The lowest BCUT2D eigenvalue weighted by Crippen LogP contribution is -2.34. The highest BCUT2D eigenvalue weighted by Crippen LogP contribution is 2.09. The molecule has 90 valence electrons. The van der Waals surface area contributed by atoms with Gasteiger partial charge in [0, 0.05) is 11.6 Å². The van der Waals surface area contributed by atoms with Crippen LogP contribution < -0.4 is 0 Å². The van der Waals surface area contributed by atoms with Crippen LogP contribution in [0.15, 0.2) is 24.8 Å². The predicted molar refractivity (Wildman–Crippen MR) is 57.3 cm³/mol. The molecule has 0 amide bonds. The number of rotatable bonds is 6. The minimum atomic E-state index is -1.50. The molecular formula is C11H16O5. The molecule has 0 saturated heterocycles. The molecule has 5 heteroatoms. The third-order valence-electron chi connectivity index (χ3n) is 1.73. The summed E-state index contributed by atoms with van der Waals surface area (Å²) in [4.78, 5) is 22.0. The lowest BCUT2D eigenvalue weighted by atomic mass is 10.2. The lowest BCUT2D eigenvalue weighted by molar-refractivity contribution is -0.193. The standard InChI is InChI=1S/C11H16O5/c1-5-8(15-10(13)7(3)4)11(14)16-9(12)6-2/h6,8,11,14H,2-3,5H2,1,4H3. The highest BCUT2D eigenvalue weighted by Gasteiger charge is 2.24. The first-order valence-electron chi connectivity index (χ1n) is 4.80. The summed E-state index contributed by atoms with van der Waals surface area (Å²) in [5, 5.41) is 9.44.